The molecule has 0 spiro atoms. The Balaban J connectivity index is 1.76. The van der Waals surface area contributed by atoms with E-state index in [1.807, 2.05) is 0 Å². The molecule has 1 aliphatic rings. The van der Waals surface area contributed by atoms with E-state index in [1.54, 1.807) is 34.1 Å². The van der Waals surface area contributed by atoms with Crippen molar-refractivity contribution in [3.05, 3.63) is 34.9 Å². The van der Waals surface area contributed by atoms with Gasteiger partial charge in [0, 0.05) is 49.7 Å². The molecule has 0 bridgehead atoms. The van der Waals surface area contributed by atoms with Gasteiger partial charge in [0.2, 0.25) is 0 Å². The number of hydrogen-bond acceptors (Lipinski definition) is 3. The van der Waals surface area contributed by atoms with Gasteiger partial charge in [-0.25, -0.2) is 4.79 Å². The summed E-state index contributed by atoms with van der Waals surface area (Å²) in [5, 5.41) is 11.8. The lowest BCUT2D eigenvalue weighted by Crippen LogP contribution is -2.53. The number of nitrogens with one attached hydrogen (secondary N) is 1. The van der Waals surface area contributed by atoms with E-state index >= 15 is 0 Å². The largest absolute Gasteiger partial charge is 0.481 e. The first kappa shape index (κ1) is 18.1. The summed E-state index contributed by atoms with van der Waals surface area (Å²) in [6.07, 6.45) is 0.430. The zero-order chi connectivity index (χ0) is 17.5. The van der Waals surface area contributed by atoms with Gasteiger partial charge in [-0.15, -0.1) is 0 Å². The van der Waals surface area contributed by atoms with Crippen LogP contribution in [0.15, 0.2) is 24.3 Å². The number of hydrogen-bond donors (Lipinski definition) is 2. The SMILES string of the molecule is O=C(O)CCCNC(=O)N1CCN(C(=O)c2ccc(Cl)cc2)CC1. The minimum absolute atomic E-state index is 0.0314. The Bertz CT molecular complexity index is 598. The standard InChI is InChI=1S/C16H20ClN3O4/c17-13-5-3-12(4-6-13)15(23)19-8-10-20(11-9-19)16(24)18-7-1-2-14(21)22/h3-6H,1-2,7-11H2,(H,18,24)(H,21,22). The number of carboxylic acids is 1. The van der Waals surface area contributed by atoms with Crippen LogP contribution in [0.1, 0.15) is 23.2 Å². The molecule has 0 radical (unpaired) electrons. The molecule has 3 amide bonds. The van der Waals surface area contributed by atoms with Crippen LogP contribution in [0.2, 0.25) is 5.02 Å². The fraction of sp³-hybridized carbons (Fsp3) is 0.438. The molecule has 1 heterocycles. The van der Waals surface area contributed by atoms with E-state index in [1.165, 1.54) is 0 Å². The van der Waals surface area contributed by atoms with Gasteiger partial charge in [-0.1, -0.05) is 11.6 Å². The fourth-order valence-corrected chi connectivity index (χ4v) is 2.56. The Morgan fingerprint density at radius 2 is 1.62 bits per heavy atom. The van der Waals surface area contributed by atoms with Crippen molar-refractivity contribution in [2.24, 2.45) is 0 Å². The molecule has 1 aromatic carbocycles. The molecule has 1 saturated heterocycles. The molecule has 2 rings (SSSR count). The van der Waals surface area contributed by atoms with Crippen molar-refractivity contribution in [3.8, 4) is 0 Å². The third-order valence-electron chi connectivity index (χ3n) is 3.79. The van der Waals surface area contributed by atoms with Crippen LogP contribution < -0.4 is 5.32 Å². The maximum Gasteiger partial charge on any atom is 0.317 e. The number of piperazine rings is 1. The summed E-state index contributed by atoms with van der Waals surface area (Å²) >= 11 is 5.82. The summed E-state index contributed by atoms with van der Waals surface area (Å²) in [5.74, 6) is -0.952. The molecule has 0 aliphatic carbocycles. The molecule has 7 nitrogen and oxygen atoms in total. The Morgan fingerprint density at radius 3 is 2.21 bits per heavy atom. The second-order valence-corrected chi connectivity index (χ2v) is 5.95. The van der Waals surface area contributed by atoms with E-state index in [9.17, 15) is 14.4 Å². The number of halogens is 1. The maximum absolute atomic E-state index is 12.4. The van der Waals surface area contributed by atoms with E-state index in [2.05, 4.69) is 5.32 Å². The van der Waals surface area contributed by atoms with Crippen LogP contribution in [-0.2, 0) is 4.79 Å². The van der Waals surface area contributed by atoms with Gasteiger partial charge in [0.05, 0.1) is 0 Å². The zero-order valence-corrected chi connectivity index (χ0v) is 14.0. The van der Waals surface area contributed by atoms with Crippen LogP contribution in [0, 0.1) is 0 Å². The van der Waals surface area contributed by atoms with E-state index in [0.29, 0.717) is 49.7 Å². The highest BCUT2D eigenvalue weighted by molar-refractivity contribution is 6.30. The first-order valence-electron chi connectivity index (χ1n) is 7.77. The molecule has 8 heteroatoms. The molecule has 0 aromatic heterocycles. The number of aliphatic carboxylic acids is 1. The average molecular weight is 354 g/mol. The fourth-order valence-electron chi connectivity index (χ4n) is 2.43. The predicted octanol–water partition coefficient (Wildman–Crippen LogP) is 1.67. The van der Waals surface area contributed by atoms with Gasteiger partial charge >= 0.3 is 12.0 Å². The molecule has 130 valence electrons. The molecule has 0 unspecified atom stereocenters. The van der Waals surface area contributed by atoms with Gasteiger partial charge < -0.3 is 20.2 Å². The number of urea groups is 1. The average Bonchev–Trinajstić information content (AvgIpc) is 2.58. The number of rotatable bonds is 5. The molecule has 1 aliphatic heterocycles. The smallest absolute Gasteiger partial charge is 0.317 e. The summed E-state index contributed by atoms with van der Waals surface area (Å²) in [6, 6.07) is 6.50. The van der Waals surface area contributed by atoms with E-state index in [0.717, 1.165) is 0 Å². The highest BCUT2D eigenvalue weighted by Gasteiger charge is 2.24. The molecular formula is C16H20ClN3O4. The second kappa shape index (κ2) is 8.54. The lowest BCUT2D eigenvalue weighted by atomic mass is 10.2. The maximum atomic E-state index is 12.4. The normalized spacial score (nSPS) is 14.4. The third-order valence-corrected chi connectivity index (χ3v) is 4.04. The quantitative estimate of drug-likeness (QED) is 0.788. The highest BCUT2D eigenvalue weighted by Crippen LogP contribution is 2.13. The summed E-state index contributed by atoms with van der Waals surface area (Å²) < 4.78 is 0. The van der Waals surface area contributed by atoms with Crippen molar-refractivity contribution >= 4 is 29.5 Å². The Hall–Kier alpha value is -2.28. The van der Waals surface area contributed by atoms with Crippen LogP contribution >= 0.6 is 11.6 Å². The van der Waals surface area contributed by atoms with Gasteiger partial charge in [-0.3, -0.25) is 9.59 Å². The number of nitrogens with zero attached hydrogens (tertiary/aromatic N) is 2. The van der Waals surface area contributed by atoms with Crippen LogP contribution in [0.25, 0.3) is 0 Å². The Labute approximate surface area is 145 Å². The minimum atomic E-state index is -0.876. The summed E-state index contributed by atoms with van der Waals surface area (Å²) in [5.41, 5.74) is 0.575. The van der Waals surface area contributed by atoms with Crippen molar-refractivity contribution < 1.29 is 19.5 Å². The highest BCUT2D eigenvalue weighted by atomic mass is 35.5. The number of carbonyl (C=O) groups excluding carboxylic acids is 2. The summed E-state index contributed by atoms with van der Waals surface area (Å²) in [7, 11) is 0. The molecule has 2 N–H and O–H groups in total. The van der Waals surface area contributed by atoms with Gasteiger partial charge in [0.25, 0.3) is 5.91 Å². The van der Waals surface area contributed by atoms with Crippen molar-refractivity contribution in [2.75, 3.05) is 32.7 Å². The number of carboxylic acid groups (broad SMARTS) is 1. The van der Waals surface area contributed by atoms with Crippen molar-refractivity contribution in [2.45, 2.75) is 12.8 Å². The second-order valence-electron chi connectivity index (χ2n) is 5.52. The van der Waals surface area contributed by atoms with E-state index in [4.69, 9.17) is 16.7 Å². The first-order chi connectivity index (χ1) is 11.5. The molecule has 0 saturated carbocycles. The van der Waals surface area contributed by atoms with Crippen LogP contribution in [0.5, 0.6) is 0 Å². The van der Waals surface area contributed by atoms with Crippen molar-refractivity contribution in [3.63, 3.8) is 0 Å². The van der Waals surface area contributed by atoms with Gasteiger partial charge in [0.1, 0.15) is 0 Å². The zero-order valence-electron chi connectivity index (χ0n) is 13.2. The monoisotopic (exact) mass is 353 g/mol. The van der Waals surface area contributed by atoms with Gasteiger partial charge in [-0.05, 0) is 30.7 Å². The van der Waals surface area contributed by atoms with Gasteiger partial charge in [-0.2, -0.15) is 0 Å². The molecule has 1 aromatic rings. The number of amides is 3. The number of benzene rings is 1. The van der Waals surface area contributed by atoms with Gasteiger partial charge in [0.15, 0.2) is 0 Å². The predicted molar refractivity (Wildman–Crippen MR) is 89.2 cm³/mol. The summed E-state index contributed by atoms with van der Waals surface area (Å²) in [4.78, 5) is 38.1. The van der Waals surface area contributed by atoms with Crippen LogP contribution in [-0.4, -0.2) is 65.5 Å². The lowest BCUT2D eigenvalue weighted by molar-refractivity contribution is -0.137. The van der Waals surface area contributed by atoms with Crippen molar-refractivity contribution in [1.29, 1.82) is 0 Å². The van der Waals surface area contributed by atoms with Crippen molar-refractivity contribution in [1.82, 2.24) is 15.1 Å². The third kappa shape index (κ3) is 5.13. The Morgan fingerprint density at radius 1 is 1.04 bits per heavy atom. The molecule has 24 heavy (non-hydrogen) atoms. The van der Waals surface area contributed by atoms with Crippen LogP contribution in [0.3, 0.4) is 0 Å². The molecule has 1 fully saturated rings. The number of carbonyl (C=O) groups is 3. The summed E-state index contributed by atoms with van der Waals surface area (Å²) in [6.45, 7) is 2.15. The Kier molecular flexibility index (Phi) is 6.43. The minimum Gasteiger partial charge on any atom is -0.481 e. The van der Waals surface area contributed by atoms with E-state index < -0.39 is 5.97 Å². The first-order valence-corrected chi connectivity index (χ1v) is 8.14. The molecule has 0 atom stereocenters. The van der Waals surface area contributed by atoms with Crippen LogP contribution in [0.4, 0.5) is 4.79 Å². The molecular weight excluding hydrogens is 334 g/mol. The topological polar surface area (TPSA) is 89.9 Å². The lowest BCUT2D eigenvalue weighted by Gasteiger charge is -2.34. The van der Waals surface area contributed by atoms with E-state index in [-0.39, 0.29) is 18.4 Å².